The largest absolute Gasteiger partial charge is 0.396 e. The molecule has 1 rings (SSSR count). The number of imide groups is 1. The third kappa shape index (κ3) is 12.4. The summed E-state index contributed by atoms with van der Waals surface area (Å²) in [7, 11) is 0. The fourth-order valence-corrected chi connectivity index (χ4v) is 2.87. The number of ether oxygens (including phenoxy) is 4. The molecule has 1 heterocycles. The maximum atomic E-state index is 12.0. The molecule has 1 aliphatic rings. The normalized spacial score (nSPS) is 14.3. The van der Waals surface area contributed by atoms with Crippen molar-refractivity contribution in [2.24, 2.45) is 5.41 Å². The average Bonchev–Trinajstić information content (AvgIpc) is 3.12. The van der Waals surface area contributed by atoms with Crippen molar-refractivity contribution in [1.29, 1.82) is 0 Å². The van der Waals surface area contributed by atoms with Crippen LogP contribution in [0.1, 0.15) is 38.5 Å². The van der Waals surface area contributed by atoms with Gasteiger partial charge in [0.15, 0.2) is 0 Å². The molecule has 0 atom stereocenters. The van der Waals surface area contributed by atoms with Gasteiger partial charge < -0.3 is 39.1 Å². The summed E-state index contributed by atoms with van der Waals surface area (Å²) >= 11 is 0. The van der Waals surface area contributed by atoms with E-state index in [0.717, 1.165) is 0 Å². The molecule has 0 saturated carbocycles. The van der Waals surface area contributed by atoms with Gasteiger partial charge in [0.25, 0.3) is 11.8 Å². The quantitative estimate of drug-likeness (QED) is 0.139. The fraction of sp³-hybridized carbons (Fsp3) is 0.857. The Morgan fingerprint density at radius 3 is 1.52 bits per heavy atom. The summed E-state index contributed by atoms with van der Waals surface area (Å²) < 4.78 is 22.7. The smallest absolute Gasteiger partial charge is 0.335 e. The third-order valence-electron chi connectivity index (χ3n) is 4.62. The molecule has 0 spiro atoms. The molecule has 1 aliphatic heterocycles. The summed E-state index contributed by atoms with van der Waals surface area (Å²) in [4.78, 5) is 39.8. The number of aliphatic hydroxyl groups is 3. The van der Waals surface area contributed by atoms with E-state index < -0.39 is 23.2 Å². The van der Waals surface area contributed by atoms with Crippen LogP contribution in [0.3, 0.4) is 0 Å². The van der Waals surface area contributed by atoms with Crippen molar-refractivity contribution in [2.45, 2.75) is 38.5 Å². The summed E-state index contributed by atoms with van der Waals surface area (Å²) in [6.07, 6.45) is 1.27. The summed E-state index contributed by atoms with van der Waals surface area (Å²) in [5.74, 6) is -1.86. The van der Waals surface area contributed by atoms with Gasteiger partial charge in [-0.15, -0.1) is 5.06 Å². The third-order valence-corrected chi connectivity index (χ3v) is 4.62. The van der Waals surface area contributed by atoms with Crippen LogP contribution in [0, 0.1) is 5.41 Å². The minimum absolute atomic E-state index is 0.00631. The zero-order valence-corrected chi connectivity index (χ0v) is 19.1. The van der Waals surface area contributed by atoms with Crippen LogP contribution < -0.4 is 0 Å². The van der Waals surface area contributed by atoms with Gasteiger partial charge in [-0.05, 0) is 19.3 Å². The Morgan fingerprint density at radius 2 is 1.12 bits per heavy atom. The standard InChI is InChI=1S/C21H37NO11/c23-7-1-10-29-14-21(15-30-11-2-8-24,16-31-12-3-9-25)17-32-13-6-20(28)33-22-18(26)4-5-19(22)27/h23-25H,1-17H2. The van der Waals surface area contributed by atoms with Gasteiger partial charge in [0.2, 0.25) is 0 Å². The Bertz CT molecular complexity index is 525. The lowest BCUT2D eigenvalue weighted by Gasteiger charge is -2.33. The lowest BCUT2D eigenvalue weighted by atomic mass is 9.92. The molecular formula is C21H37NO11. The van der Waals surface area contributed by atoms with Gasteiger partial charge in [-0.1, -0.05) is 0 Å². The lowest BCUT2D eigenvalue weighted by molar-refractivity contribution is -0.198. The highest BCUT2D eigenvalue weighted by molar-refractivity contribution is 6.01. The number of hydrogen-bond donors (Lipinski definition) is 3. The summed E-state index contributed by atoms with van der Waals surface area (Å²) in [5, 5.41) is 27.4. The maximum absolute atomic E-state index is 12.0. The molecule has 0 aliphatic carbocycles. The highest BCUT2D eigenvalue weighted by atomic mass is 16.7. The van der Waals surface area contributed by atoms with Crippen molar-refractivity contribution in [1.82, 2.24) is 5.06 Å². The van der Waals surface area contributed by atoms with E-state index in [-0.39, 0.29) is 72.1 Å². The molecule has 1 saturated heterocycles. The average molecular weight is 480 g/mol. The van der Waals surface area contributed by atoms with Gasteiger partial charge in [0.1, 0.15) is 0 Å². The molecule has 12 heteroatoms. The van der Waals surface area contributed by atoms with Crippen molar-refractivity contribution in [3.63, 3.8) is 0 Å². The van der Waals surface area contributed by atoms with E-state index >= 15 is 0 Å². The van der Waals surface area contributed by atoms with Crippen LogP contribution in [-0.4, -0.2) is 111 Å². The second-order valence-electron chi connectivity index (χ2n) is 7.74. The molecule has 0 aromatic heterocycles. The van der Waals surface area contributed by atoms with E-state index in [9.17, 15) is 14.4 Å². The van der Waals surface area contributed by atoms with Crippen LogP contribution in [-0.2, 0) is 38.2 Å². The zero-order valence-electron chi connectivity index (χ0n) is 19.1. The van der Waals surface area contributed by atoms with Gasteiger partial charge in [-0.25, -0.2) is 4.79 Å². The molecule has 3 N–H and O–H groups in total. The monoisotopic (exact) mass is 479 g/mol. The van der Waals surface area contributed by atoms with E-state index in [0.29, 0.717) is 44.1 Å². The highest BCUT2D eigenvalue weighted by Gasteiger charge is 2.34. The van der Waals surface area contributed by atoms with Gasteiger partial charge in [-0.3, -0.25) is 9.59 Å². The predicted molar refractivity (Wildman–Crippen MR) is 113 cm³/mol. The van der Waals surface area contributed by atoms with Gasteiger partial charge >= 0.3 is 5.97 Å². The number of nitrogens with zero attached hydrogens (tertiary/aromatic N) is 1. The summed E-state index contributed by atoms with van der Waals surface area (Å²) in [6, 6.07) is 0. The Labute approximate surface area is 193 Å². The van der Waals surface area contributed by atoms with Crippen molar-refractivity contribution in [3.8, 4) is 0 Å². The van der Waals surface area contributed by atoms with Crippen molar-refractivity contribution >= 4 is 17.8 Å². The van der Waals surface area contributed by atoms with Gasteiger partial charge in [0, 0.05) is 52.5 Å². The minimum atomic E-state index is -0.762. The molecule has 33 heavy (non-hydrogen) atoms. The Hall–Kier alpha value is -1.67. The lowest BCUT2D eigenvalue weighted by Crippen LogP contribution is -2.42. The first-order valence-corrected chi connectivity index (χ1v) is 11.2. The first-order chi connectivity index (χ1) is 16.0. The molecule has 0 bridgehead atoms. The molecule has 0 unspecified atom stereocenters. The Balaban J connectivity index is 2.60. The number of hydroxylamine groups is 2. The van der Waals surface area contributed by atoms with Crippen LogP contribution in [0.25, 0.3) is 0 Å². The van der Waals surface area contributed by atoms with E-state index in [4.69, 9.17) is 39.1 Å². The summed E-state index contributed by atoms with van der Waals surface area (Å²) in [6.45, 7) is 1.65. The molecule has 0 radical (unpaired) electrons. The van der Waals surface area contributed by atoms with Crippen LogP contribution in [0.15, 0.2) is 0 Å². The first kappa shape index (κ1) is 29.4. The SMILES string of the molecule is O=C(CCOCC(COCCCO)(COCCCO)COCCCO)ON1C(=O)CCC1=O. The first-order valence-electron chi connectivity index (χ1n) is 11.2. The number of carbonyl (C=O) groups is 3. The number of hydrogen-bond acceptors (Lipinski definition) is 11. The second kappa shape index (κ2) is 17.8. The van der Waals surface area contributed by atoms with Crippen LogP contribution in [0.5, 0.6) is 0 Å². The molecule has 12 nitrogen and oxygen atoms in total. The molecule has 0 aromatic carbocycles. The number of rotatable bonds is 21. The van der Waals surface area contributed by atoms with Crippen molar-refractivity contribution in [2.75, 3.05) is 72.7 Å². The van der Waals surface area contributed by atoms with E-state index in [1.54, 1.807) is 0 Å². The Kier molecular flexibility index (Phi) is 15.8. The number of carbonyl (C=O) groups excluding carboxylic acids is 3. The Morgan fingerprint density at radius 1 is 0.727 bits per heavy atom. The highest BCUT2D eigenvalue weighted by Crippen LogP contribution is 2.21. The van der Waals surface area contributed by atoms with E-state index in [2.05, 4.69) is 0 Å². The number of aliphatic hydroxyl groups excluding tert-OH is 3. The van der Waals surface area contributed by atoms with E-state index in [1.165, 1.54) is 0 Å². The van der Waals surface area contributed by atoms with Crippen LogP contribution in [0.2, 0.25) is 0 Å². The maximum Gasteiger partial charge on any atom is 0.335 e. The minimum Gasteiger partial charge on any atom is -0.396 e. The molecule has 1 fully saturated rings. The molecule has 2 amide bonds. The topological polar surface area (TPSA) is 161 Å². The fourth-order valence-electron chi connectivity index (χ4n) is 2.87. The predicted octanol–water partition coefficient (Wildman–Crippen LogP) is -0.816. The summed E-state index contributed by atoms with van der Waals surface area (Å²) in [5.41, 5.74) is -0.731. The number of amides is 2. The van der Waals surface area contributed by atoms with Gasteiger partial charge in [0.05, 0.1) is 44.9 Å². The second-order valence-corrected chi connectivity index (χ2v) is 7.74. The van der Waals surface area contributed by atoms with Crippen LogP contribution in [0.4, 0.5) is 0 Å². The molecular weight excluding hydrogens is 442 g/mol. The zero-order chi connectivity index (χ0) is 24.4. The van der Waals surface area contributed by atoms with Gasteiger partial charge in [-0.2, -0.15) is 0 Å². The van der Waals surface area contributed by atoms with Crippen LogP contribution >= 0.6 is 0 Å². The van der Waals surface area contributed by atoms with E-state index in [1.807, 2.05) is 0 Å². The van der Waals surface area contributed by atoms with Crippen molar-refractivity contribution in [3.05, 3.63) is 0 Å². The molecule has 0 aromatic rings. The molecule has 192 valence electrons. The van der Waals surface area contributed by atoms with Crippen molar-refractivity contribution < 1.29 is 53.5 Å².